The van der Waals surface area contributed by atoms with E-state index in [-0.39, 0.29) is 11.7 Å². The molecule has 23 heavy (non-hydrogen) atoms. The molecular formula is C19H21NO3. The van der Waals surface area contributed by atoms with Gasteiger partial charge < -0.3 is 14.7 Å². The Balaban J connectivity index is 1.62. The summed E-state index contributed by atoms with van der Waals surface area (Å²) >= 11 is 0. The second-order valence-corrected chi connectivity index (χ2v) is 6.01. The van der Waals surface area contributed by atoms with Crippen LogP contribution in [0.5, 0.6) is 11.5 Å². The number of carbonyl (C=O) groups is 1. The molecular weight excluding hydrogens is 290 g/mol. The van der Waals surface area contributed by atoms with Crippen LogP contribution in [-0.2, 0) is 6.42 Å². The first-order chi connectivity index (χ1) is 11.2. The molecule has 1 heterocycles. The first-order valence-corrected chi connectivity index (χ1v) is 7.87. The molecule has 1 saturated heterocycles. The highest BCUT2D eigenvalue weighted by Crippen LogP contribution is 2.24. The quantitative estimate of drug-likeness (QED) is 0.944. The van der Waals surface area contributed by atoms with Gasteiger partial charge in [-0.25, -0.2) is 0 Å². The molecule has 1 aliphatic heterocycles. The van der Waals surface area contributed by atoms with Crippen molar-refractivity contribution in [2.24, 2.45) is 5.92 Å². The van der Waals surface area contributed by atoms with Crippen LogP contribution in [0, 0.1) is 5.92 Å². The van der Waals surface area contributed by atoms with Gasteiger partial charge in [-0.1, -0.05) is 18.2 Å². The first-order valence-electron chi connectivity index (χ1n) is 7.87. The Morgan fingerprint density at radius 2 is 2.04 bits per heavy atom. The number of amides is 1. The van der Waals surface area contributed by atoms with Gasteiger partial charge in [-0.2, -0.15) is 0 Å². The smallest absolute Gasteiger partial charge is 0.253 e. The molecule has 2 aromatic carbocycles. The van der Waals surface area contributed by atoms with Crippen molar-refractivity contribution >= 4 is 5.91 Å². The molecule has 0 aliphatic carbocycles. The molecule has 0 spiro atoms. The van der Waals surface area contributed by atoms with Crippen molar-refractivity contribution < 1.29 is 14.6 Å². The Morgan fingerprint density at radius 1 is 1.26 bits per heavy atom. The van der Waals surface area contributed by atoms with E-state index in [4.69, 9.17) is 4.74 Å². The summed E-state index contributed by atoms with van der Waals surface area (Å²) in [6.45, 7) is 1.57. The Bertz CT molecular complexity index is 681. The van der Waals surface area contributed by atoms with Crippen LogP contribution in [0.1, 0.15) is 22.3 Å². The minimum atomic E-state index is 0.0668. The van der Waals surface area contributed by atoms with Gasteiger partial charge in [0.05, 0.1) is 7.11 Å². The summed E-state index contributed by atoms with van der Waals surface area (Å²) in [6, 6.07) is 14.6. The predicted molar refractivity (Wildman–Crippen MR) is 88.8 cm³/mol. The van der Waals surface area contributed by atoms with Crippen molar-refractivity contribution in [2.75, 3.05) is 20.2 Å². The summed E-state index contributed by atoms with van der Waals surface area (Å²) < 4.78 is 5.19. The molecule has 1 fully saturated rings. The third kappa shape index (κ3) is 3.65. The number of hydrogen-bond donors (Lipinski definition) is 1. The van der Waals surface area contributed by atoms with Gasteiger partial charge in [-0.15, -0.1) is 0 Å². The fraction of sp³-hybridized carbons (Fsp3) is 0.316. The number of phenolic OH excluding ortho intramolecular Hbond substituents is 1. The molecule has 4 nitrogen and oxygen atoms in total. The maximum atomic E-state index is 12.6. The van der Waals surface area contributed by atoms with E-state index in [1.807, 2.05) is 35.2 Å². The zero-order valence-electron chi connectivity index (χ0n) is 13.2. The van der Waals surface area contributed by atoms with Crippen molar-refractivity contribution in [1.29, 1.82) is 0 Å². The zero-order valence-corrected chi connectivity index (χ0v) is 13.2. The number of aromatic hydroxyl groups is 1. The molecule has 1 N–H and O–H groups in total. The van der Waals surface area contributed by atoms with E-state index in [1.165, 1.54) is 5.56 Å². The Labute approximate surface area is 136 Å². The fourth-order valence-electron chi connectivity index (χ4n) is 3.09. The minimum absolute atomic E-state index is 0.0668. The van der Waals surface area contributed by atoms with E-state index in [2.05, 4.69) is 0 Å². The number of benzene rings is 2. The lowest BCUT2D eigenvalue weighted by Crippen LogP contribution is -2.28. The van der Waals surface area contributed by atoms with E-state index < -0.39 is 0 Å². The Kier molecular flexibility index (Phi) is 4.51. The second-order valence-electron chi connectivity index (χ2n) is 6.01. The van der Waals surface area contributed by atoms with Crippen molar-refractivity contribution in [1.82, 2.24) is 4.90 Å². The molecule has 1 aliphatic rings. The van der Waals surface area contributed by atoms with Crippen LogP contribution in [-0.4, -0.2) is 36.1 Å². The van der Waals surface area contributed by atoms with Crippen molar-refractivity contribution in [3.8, 4) is 11.5 Å². The standard InChI is InChI=1S/C19H21NO3/c1-23-18-4-2-3-16(12-18)19(22)20-10-9-15(13-20)11-14-5-7-17(21)8-6-14/h2-8,12,15,21H,9-11,13H2,1H3. The van der Waals surface area contributed by atoms with E-state index in [9.17, 15) is 9.90 Å². The van der Waals surface area contributed by atoms with Gasteiger partial charge in [-0.3, -0.25) is 4.79 Å². The maximum absolute atomic E-state index is 12.6. The Hall–Kier alpha value is -2.49. The van der Waals surface area contributed by atoms with Crippen LogP contribution in [0.25, 0.3) is 0 Å². The van der Waals surface area contributed by atoms with Crippen LogP contribution in [0.2, 0.25) is 0 Å². The molecule has 0 aromatic heterocycles. The van der Waals surface area contributed by atoms with E-state index in [0.29, 0.717) is 17.2 Å². The summed E-state index contributed by atoms with van der Waals surface area (Å²) in [5, 5.41) is 9.34. The monoisotopic (exact) mass is 311 g/mol. The van der Waals surface area contributed by atoms with Crippen LogP contribution < -0.4 is 4.74 Å². The number of hydrogen-bond acceptors (Lipinski definition) is 3. The predicted octanol–water partition coefficient (Wildman–Crippen LogP) is 3.11. The summed E-state index contributed by atoms with van der Waals surface area (Å²) in [6.07, 6.45) is 1.94. The van der Waals surface area contributed by atoms with Gasteiger partial charge in [0, 0.05) is 18.7 Å². The van der Waals surface area contributed by atoms with Crippen molar-refractivity contribution in [3.63, 3.8) is 0 Å². The summed E-state index contributed by atoms with van der Waals surface area (Å²) in [4.78, 5) is 14.5. The third-order valence-electron chi connectivity index (χ3n) is 4.35. The van der Waals surface area contributed by atoms with Crippen LogP contribution in [0.3, 0.4) is 0 Å². The van der Waals surface area contributed by atoms with Crippen molar-refractivity contribution in [3.05, 3.63) is 59.7 Å². The molecule has 120 valence electrons. The number of carbonyl (C=O) groups excluding carboxylic acids is 1. The average Bonchev–Trinajstić information content (AvgIpc) is 3.05. The third-order valence-corrected chi connectivity index (χ3v) is 4.35. The minimum Gasteiger partial charge on any atom is -0.508 e. The summed E-state index contributed by atoms with van der Waals surface area (Å²) in [5.41, 5.74) is 1.87. The van der Waals surface area contributed by atoms with Crippen LogP contribution in [0.4, 0.5) is 0 Å². The number of phenols is 1. The van der Waals surface area contributed by atoms with Gasteiger partial charge in [0.15, 0.2) is 0 Å². The number of rotatable bonds is 4. The van der Waals surface area contributed by atoms with E-state index >= 15 is 0 Å². The number of likely N-dealkylation sites (tertiary alicyclic amines) is 1. The number of ether oxygens (including phenoxy) is 1. The Morgan fingerprint density at radius 3 is 2.78 bits per heavy atom. The molecule has 0 bridgehead atoms. The van der Waals surface area contributed by atoms with Gasteiger partial charge >= 0.3 is 0 Å². The van der Waals surface area contributed by atoms with Gasteiger partial charge in [0.25, 0.3) is 5.91 Å². The topological polar surface area (TPSA) is 49.8 Å². The fourth-order valence-corrected chi connectivity index (χ4v) is 3.09. The highest BCUT2D eigenvalue weighted by molar-refractivity contribution is 5.94. The lowest BCUT2D eigenvalue weighted by atomic mass is 9.99. The zero-order chi connectivity index (χ0) is 16.2. The molecule has 3 rings (SSSR count). The van der Waals surface area contributed by atoms with Gasteiger partial charge in [-0.05, 0) is 54.7 Å². The normalized spacial score (nSPS) is 17.3. The van der Waals surface area contributed by atoms with Crippen molar-refractivity contribution in [2.45, 2.75) is 12.8 Å². The van der Waals surface area contributed by atoms with E-state index in [1.54, 1.807) is 25.3 Å². The molecule has 4 heteroatoms. The SMILES string of the molecule is COc1cccc(C(=O)N2CCC(Cc3ccc(O)cc3)C2)c1. The molecule has 2 aromatic rings. The summed E-state index contributed by atoms with van der Waals surface area (Å²) in [5.74, 6) is 1.52. The van der Waals surface area contributed by atoms with Gasteiger partial charge in [0.2, 0.25) is 0 Å². The molecule has 1 atom stereocenters. The van der Waals surface area contributed by atoms with Crippen LogP contribution >= 0.6 is 0 Å². The van der Waals surface area contributed by atoms with E-state index in [0.717, 1.165) is 25.9 Å². The summed E-state index contributed by atoms with van der Waals surface area (Å²) in [7, 11) is 1.60. The first kappa shape index (κ1) is 15.4. The molecule has 1 unspecified atom stereocenters. The molecule has 0 radical (unpaired) electrons. The maximum Gasteiger partial charge on any atom is 0.253 e. The average molecular weight is 311 g/mol. The van der Waals surface area contributed by atoms with Crippen LogP contribution in [0.15, 0.2) is 48.5 Å². The molecule has 1 amide bonds. The largest absolute Gasteiger partial charge is 0.508 e. The molecule has 0 saturated carbocycles. The lowest BCUT2D eigenvalue weighted by Gasteiger charge is -2.17. The second kappa shape index (κ2) is 6.73. The lowest BCUT2D eigenvalue weighted by molar-refractivity contribution is 0.0786. The highest BCUT2D eigenvalue weighted by atomic mass is 16.5. The number of methoxy groups -OCH3 is 1. The van der Waals surface area contributed by atoms with Gasteiger partial charge in [0.1, 0.15) is 11.5 Å². The highest BCUT2D eigenvalue weighted by Gasteiger charge is 2.27. The number of nitrogens with zero attached hydrogens (tertiary/aromatic N) is 1.